The second kappa shape index (κ2) is 3.75. The third-order valence-corrected chi connectivity index (χ3v) is 2.45. The van der Waals surface area contributed by atoms with Crippen LogP contribution in [0.3, 0.4) is 0 Å². The van der Waals surface area contributed by atoms with Gasteiger partial charge in [-0.3, -0.25) is 0 Å². The Morgan fingerprint density at radius 2 is 2.00 bits per heavy atom. The lowest BCUT2D eigenvalue weighted by Gasteiger charge is -1.99. The van der Waals surface area contributed by atoms with Crippen LogP contribution in [0.15, 0.2) is 23.3 Å². The summed E-state index contributed by atoms with van der Waals surface area (Å²) in [5, 5.41) is 0. The molecule has 0 aliphatic heterocycles. The third-order valence-electron chi connectivity index (χ3n) is 2.45. The third kappa shape index (κ3) is 1.55. The van der Waals surface area contributed by atoms with E-state index in [-0.39, 0.29) is 0 Å². The van der Waals surface area contributed by atoms with Gasteiger partial charge in [-0.25, -0.2) is 0 Å². The van der Waals surface area contributed by atoms with Gasteiger partial charge in [0.25, 0.3) is 0 Å². The van der Waals surface area contributed by atoms with Gasteiger partial charge in [-0.1, -0.05) is 32.9 Å². The van der Waals surface area contributed by atoms with E-state index in [0.717, 1.165) is 5.92 Å². The number of hydrogen-bond acceptors (Lipinski definition) is 0. The predicted molar refractivity (Wildman–Crippen MR) is 50.5 cm³/mol. The number of rotatable bonds is 0. The molecule has 1 saturated carbocycles. The van der Waals surface area contributed by atoms with Crippen molar-refractivity contribution < 1.29 is 0 Å². The van der Waals surface area contributed by atoms with E-state index < -0.39 is 0 Å². The number of fused-ring (bicyclic) bond motifs is 1. The highest BCUT2D eigenvalue weighted by Gasteiger charge is 2.22. The van der Waals surface area contributed by atoms with Gasteiger partial charge >= 0.3 is 0 Å². The van der Waals surface area contributed by atoms with Crippen LogP contribution in [0.25, 0.3) is 0 Å². The van der Waals surface area contributed by atoms with Gasteiger partial charge in [-0.05, 0) is 36.3 Å². The molecule has 1 unspecified atom stereocenters. The summed E-state index contributed by atoms with van der Waals surface area (Å²) >= 11 is 0. The van der Waals surface area contributed by atoms with Gasteiger partial charge in [0.05, 0.1) is 0 Å². The summed E-state index contributed by atoms with van der Waals surface area (Å²) in [5.41, 5.74) is 3.29. The maximum absolute atomic E-state index is 2.38. The summed E-state index contributed by atoms with van der Waals surface area (Å²) in [6, 6.07) is 0. The number of allylic oxidation sites excluding steroid dienone is 4. The molecule has 0 saturated heterocycles. The van der Waals surface area contributed by atoms with Gasteiger partial charge < -0.3 is 0 Å². The van der Waals surface area contributed by atoms with Gasteiger partial charge in [-0.2, -0.15) is 0 Å². The zero-order chi connectivity index (χ0) is 8.27. The molecule has 0 aromatic carbocycles. The molecule has 0 bridgehead atoms. The van der Waals surface area contributed by atoms with Crippen molar-refractivity contribution in [1.82, 2.24) is 0 Å². The lowest BCUT2D eigenvalue weighted by molar-refractivity contribution is 0.695. The van der Waals surface area contributed by atoms with Crippen molar-refractivity contribution >= 4 is 0 Å². The highest BCUT2D eigenvalue weighted by molar-refractivity contribution is 5.41. The van der Waals surface area contributed by atoms with Gasteiger partial charge in [0, 0.05) is 0 Å². The van der Waals surface area contributed by atoms with Crippen molar-refractivity contribution in [3.05, 3.63) is 23.3 Å². The molecule has 0 nitrogen and oxygen atoms in total. The Labute approximate surface area is 70.0 Å². The lowest BCUT2D eigenvalue weighted by atomic mass is 10.1. The molecular weight excluding hydrogens is 132 g/mol. The fourth-order valence-corrected chi connectivity index (χ4v) is 1.87. The molecule has 1 fully saturated rings. The summed E-state index contributed by atoms with van der Waals surface area (Å²) in [5.74, 6) is 0.860. The lowest BCUT2D eigenvalue weighted by Crippen LogP contribution is -1.86. The van der Waals surface area contributed by atoms with Crippen LogP contribution in [0.2, 0.25) is 0 Å². The Kier molecular flexibility index (Phi) is 2.92. The van der Waals surface area contributed by atoms with E-state index in [2.05, 4.69) is 19.1 Å². The maximum atomic E-state index is 2.38. The van der Waals surface area contributed by atoms with Crippen molar-refractivity contribution in [3.63, 3.8) is 0 Å². The van der Waals surface area contributed by atoms with Crippen LogP contribution in [0.4, 0.5) is 0 Å². The average molecular weight is 150 g/mol. The molecule has 0 N–H and O–H groups in total. The molecule has 2 aliphatic rings. The van der Waals surface area contributed by atoms with Gasteiger partial charge in [0.2, 0.25) is 0 Å². The van der Waals surface area contributed by atoms with Gasteiger partial charge in [0.15, 0.2) is 0 Å². The SMILES string of the molecule is CC.CC1CCC2=CCC=C21. The predicted octanol–water partition coefficient (Wildman–Crippen LogP) is 3.70. The Hall–Kier alpha value is -0.520. The molecule has 0 aromatic rings. The largest absolute Gasteiger partial charge is 0.0772 e. The van der Waals surface area contributed by atoms with Crippen LogP contribution in [-0.4, -0.2) is 0 Å². The Balaban J connectivity index is 0.000000281. The van der Waals surface area contributed by atoms with Crippen LogP contribution in [0.1, 0.15) is 40.0 Å². The molecule has 2 aliphatic carbocycles. The van der Waals surface area contributed by atoms with Crippen molar-refractivity contribution in [2.24, 2.45) is 5.92 Å². The molecule has 0 aromatic heterocycles. The topological polar surface area (TPSA) is 0 Å². The van der Waals surface area contributed by atoms with Crippen molar-refractivity contribution in [2.45, 2.75) is 40.0 Å². The molecule has 0 amide bonds. The molecule has 0 heterocycles. The van der Waals surface area contributed by atoms with Crippen molar-refractivity contribution in [2.75, 3.05) is 0 Å². The van der Waals surface area contributed by atoms with Crippen molar-refractivity contribution in [1.29, 1.82) is 0 Å². The Bertz CT molecular complexity index is 184. The second-order valence-corrected chi connectivity index (χ2v) is 3.06. The molecule has 0 radical (unpaired) electrons. The molecule has 0 spiro atoms. The quantitative estimate of drug-likeness (QED) is 0.494. The minimum Gasteiger partial charge on any atom is -0.0772 e. The van der Waals surface area contributed by atoms with E-state index in [9.17, 15) is 0 Å². The molecule has 62 valence electrons. The average Bonchev–Trinajstić information content (AvgIpc) is 2.60. The smallest absolute Gasteiger partial charge is 0.0157 e. The Morgan fingerprint density at radius 1 is 1.27 bits per heavy atom. The minimum atomic E-state index is 0.860. The Morgan fingerprint density at radius 3 is 2.64 bits per heavy atom. The second-order valence-electron chi connectivity index (χ2n) is 3.06. The maximum Gasteiger partial charge on any atom is -0.0157 e. The molecular formula is C11H18. The molecule has 11 heavy (non-hydrogen) atoms. The molecule has 1 atom stereocenters. The first-order valence-corrected chi connectivity index (χ1v) is 4.77. The zero-order valence-electron chi connectivity index (χ0n) is 7.85. The van der Waals surface area contributed by atoms with Crippen LogP contribution in [0.5, 0.6) is 0 Å². The van der Waals surface area contributed by atoms with Crippen LogP contribution in [-0.2, 0) is 0 Å². The highest BCUT2D eigenvalue weighted by Crippen LogP contribution is 2.39. The van der Waals surface area contributed by atoms with E-state index in [1.165, 1.54) is 19.3 Å². The first kappa shape index (κ1) is 8.58. The van der Waals surface area contributed by atoms with Crippen molar-refractivity contribution in [3.8, 4) is 0 Å². The van der Waals surface area contributed by atoms with Crippen LogP contribution < -0.4 is 0 Å². The number of hydrogen-bond donors (Lipinski definition) is 0. The first-order chi connectivity index (χ1) is 5.38. The van der Waals surface area contributed by atoms with E-state index in [4.69, 9.17) is 0 Å². The standard InChI is InChI=1S/C9H12.C2H6/c1-7-5-6-8-3-2-4-9(7)8;1-2/h3-4,7H,2,5-6H2,1H3;1-2H3. The van der Waals surface area contributed by atoms with E-state index in [1.54, 1.807) is 11.1 Å². The summed E-state index contributed by atoms with van der Waals surface area (Å²) in [4.78, 5) is 0. The van der Waals surface area contributed by atoms with Gasteiger partial charge in [-0.15, -0.1) is 0 Å². The van der Waals surface area contributed by atoms with Gasteiger partial charge in [0.1, 0.15) is 0 Å². The highest BCUT2D eigenvalue weighted by atomic mass is 14.3. The van der Waals surface area contributed by atoms with E-state index in [1.807, 2.05) is 13.8 Å². The summed E-state index contributed by atoms with van der Waals surface area (Å²) in [6.07, 6.45) is 8.69. The monoisotopic (exact) mass is 150 g/mol. The first-order valence-electron chi connectivity index (χ1n) is 4.77. The fraction of sp³-hybridized carbons (Fsp3) is 0.636. The van der Waals surface area contributed by atoms with E-state index >= 15 is 0 Å². The minimum absolute atomic E-state index is 0.860. The molecule has 2 rings (SSSR count). The molecule has 0 heteroatoms. The zero-order valence-corrected chi connectivity index (χ0v) is 7.85. The summed E-state index contributed by atoms with van der Waals surface area (Å²) < 4.78 is 0. The van der Waals surface area contributed by atoms with Crippen LogP contribution >= 0.6 is 0 Å². The summed E-state index contributed by atoms with van der Waals surface area (Å²) in [7, 11) is 0. The van der Waals surface area contributed by atoms with E-state index in [0.29, 0.717) is 0 Å². The normalized spacial score (nSPS) is 26.6. The fourth-order valence-electron chi connectivity index (χ4n) is 1.87. The van der Waals surface area contributed by atoms with Crippen LogP contribution in [0, 0.1) is 5.92 Å². The summed E-state index contributed by atoms with van der Waals surface area (Å²) in [6.45, 7) is 6.33.